The maximum Gasteiger partial charge on any atom is 0.254 e. The predicted molar refractivity (Wildman–Crippen MR) is 146 cm³/mol. The molecule has 0 unspecified atom stereocenters. The third-order valence-electron chi connectivity index (χ3n) is 7.46. The molecule has 2 aliphatic heterocycles. The summed E-state index contributed by atoms with van der Waals surface area (Å²) in [6, 6.07) is 25.1. The van der Waals surface area contributed by atoms with Crippen molar-refractivity contribution < 1.29 is 14.3 Å². The lowest BCUT2D eigenvalue weighted by atomic mass is 9.79. The second-order valence-corrected chi connectivity index (χ2v) is 9.64. The van der Waals surface area contributed by atoms with E-state index in [2.05, 4.69) is 29.2 Å². The van der Waals surface area contributed by atoms with Crippen LogP contribution in [0.2, 0.25) is 0 Å². The van der Waals surface area contributed by atoms with Crippen molar-refractivity contribution in [1.82, 2.24) is 14.7 Å². The van der Waals surface area contributed by atoms with Gasteiger partial charge in [0.05, 0.1) is 19.1 Å². The molecule has 2 heterocycles. The molecule has 0 N–H and O–H groups in total. The summed E-state index contributed by atoms with van der Waals surface area (Å²) in [6.07, 6.45) is 4.33. The van der Waals surface area contributed by atoms with E-state index in [-0.39, 0.29) is 17.9 Å². The van der Waals surface area contributed by atoms with E-state index < -0.39 is 5.92 Å². The Labute approximate surface area is 218 Å². The fourth-order valence-electron chi connectivity index (χ4n) is 5.41. The standard InChI is InChI=1S/C31H33N3O3/c1-32-29(24-14-16-25(37-2)17-15-24)28(26-12-6-7-13-27(26)30(32)35)31(36)34-21-19-33(20-22-34)18-8-11-23-9-4-3-5-10-23/h3-17,28-29H,18-22H2,1-2H3/b11-8+/t28-,29-/m1/s1. The second kappa shape index (κ2) is 11.0. The summed E-state index contributed by atoms with van der Waals surface area (Å²) in [5.41, 5.74) is 3.53. The molecular weight excluding hydrogens is 462 g/mol. The molecule has 0 radical (unpaired) electrons. The quantitative estimate of drug-likeness (QED) is 0.507. The number of carbonyl (C=O) groups excluding carboxylic acids is 2. The van der Waals surface area contributed by atoms with Gasteiger partial charge in [0.25, 0.3) is 5.91 Å². The van der Waals surface area contributed by atoms with Gasteiger partial charge in [-0.2, -0.15) is 0 Å². The third kappa shape index (κ3) is 5.16. The molecule has 6 nitrogen and oxygen atoms in total. The van der Waals surface area contributed by atoms with Gasteiger partial charge in [0.15, 0.2) is 0 Å². The number of methoxy groups -OCH3 is 1. The SMILES string of the molecule is COc1ccc([C@@H]2[C@H](C(=O)N3CCN(C/C=C/c4ccccc4)CC3)c3ccccc3C(=O)N2C)cc1. The van der Waals surface area contributed by atoms with Crippen LogP contribution in [0.1, 0.15) is 39.0 Å². The lowest BCUT2D eigenvalue weighted by Crippen LogP contribution is -2.52. The molecule has 3 aromatic rings. The van der Waals surface area contributed by atoms with Gasteiger partial charge in [-0.3, -0.25) is 14.5 Å². The van der Waals surface area contributed by atoms with Gasteiger partial charge in [0.1, 0.15) is 5.75 Å². The summed E-state index contributed by atoms with van der Waals surface area (Å²) in [5, 5.41) is 0. The minimum Gasteiger partial charge on any atom is -0.497 e. The number of hydrogen-bond acceptors (Lipinski definition) is 4. The molecule has 3 aromatic carbocycles. The first-order chi connectivity index (χ1) is 18.1. The monoisotopic (exact) mass is 495 g/mol. The first kappa shape index (κ1) is 24.8. The van der Waals surface area contributed by atoms with Gasteiger partial charge in [-0.05, 0) is 34.9 Å². The van der Waals surface area contributed by atoms with Crippen LogP contribution in [0, 0.1) is 0 Å². The molecular formula is C31H33N3O3. The molecule has 6 heteroatoms. The largest absolute Gasteiger partial charge is 0.497 e. The van der Waals surface area contributed by atoms with E-state index in [0.29, 0.717) is 18.7 Å². The van der Waals surface area contributed by atoms with Crippen molar-refractivity contribution in [1.29, 1.82) is 0 Å². The second-order valence-electron chi connectivity index (χ2n) is 9.64. The Bertz CT molecular complexity index is 1260. The summed E-state index contributed by atoms with van der Waals surface area (Å²) >= 11 is 0. The predicted octanol–water partition coefficient (Wildman–Crippen LogP) is 4.46. The van der Waals surface area contributed by atoms with Gasteiger partial charge >= 0.3 is 0 Å². The van der Waals surface area contributed by atoms with Crippen molar-refractivity contribution in [2.75, 3.05) is 46.9 Å². The summed E-state index contributed by atoms with van der Waals surface area (Å²) in [7, 11) is 3.43. The van der Waals surface area contributed by atoms with E-state index in [1.54, 1.807) is 19.1 Å². The molecule has 0 spiro atoms. The first-order valence-electron chi connectivity index (χ1n) is 12.8. The maximum atomic E-state index is 14.1. The molecule has 1 fully saturated rings. The Morgan fingerprint density at radius 1 is 0.919 bits per heavy atom. The van der Waals surface area contributed by atoms with Crippen LogP contribution in [-0.2, 0) is 4.79 Å². The number of piperazine rings is 1. The highest BCUT2D eigenvalue weighted by Crippen LogP contribution is 2.43. The molecule has 5 rings (SSSR count). The summed E-state index contributed by atoms with van der Waals surface area (Å²) < 4.78 is 5.33. The smallest absolute Gasteiger partial charge is 0.254 e. The van der Waals surface area contributed by atoms with Crippen LogP contribution in [0.25, 0.3) is 6.08 Å². The summed E-state index contributed by atoms with van der Waals surface area (Å²) in [5.74, 6) is 0.300. The summed E-state index contributed by atoms with van der Waals surface area (Å²) in [4.78, 5) is 33.4. The van der Waals surface area contributed by atoms with Gasteiger partial charge < -0.3 is 14.5 Å². The maximum absolute atomic E-state index is 14.1. The van der Waals surface area contributed by atoms with E-state index in [9.17, 15) is 9.59 Å². The molecule has 0 saturated carbocycles. The van der Waals surface area contributed by atoms with Crippen LogP contribution in [-0.4, -0.2) is 73.4 Å². The number of benzene rings is 3. The molecule has 37 heavy (non-hydrogen) atoms. The lowest BCUT2D eigenvalue weighted by molar-refractivity contribution is -0.136. The molecule has 2 aliphatic rings. The highest BCUT2D eigenvalue weighted by Gasteiger charge is 2.44. The van der Waals surface area contributed by atoms with E-state index in [1.807, 2.05) is 71.6 Å². The fourth-order valence-corrected chi connectivity index (χ4v) is 5.41. The molecule has 190 valence electrons. The Morgan fingerprint density at radius 3 is 2.30 bits per heavy atom. The number of carbonyl (C=O) groups is 2. The van der Waals surface area contributed by atoms with Gasteiger partial charge in [0.2, 0.25) is 5.91 Å². The Balaban J connectivity index is 1.34. The van der Waals surface area contributed by atoms with E-state index in [1.165, 1.54) is 5.56 Å². The van der Waals surface area contributed by atoms with Crippen molar-refractivity contribution in [3.8, 4) is 5.75 Å². The van der Waals surface area contributed by atoms with E-state index in [0.717, 1.165) is 36.5 Å². The van der Waals surface area contributed by atoms with Gasteiger partial charge in [-0.25, -0.2) is 0 Å². The van der Waals surface area contributed by atoms with E-state index >= 15 is 0 Å². The van der Waals surface area contributed by atoms with Crippen molar-refractivity contribution in [2.24, 2.45) is 0 Å². The number of nitrogens with zero attached hydrogens (tertiary/aromatic N) is 3. The van der Waals surface area contributed by atoms with Crippen LogP contribution in [0.5, 0.6) is 5.75 Å². The number of amides is 2. The highest BCUT2D eigenvalue weighted by molar-refractivity contribution is 6.01. The zero-order chi connectivity index (χ0) is 25.8. The van der Waals surface area contributed by atoms with Crippen LogP contribution >= 0.6 is 0 Å². The van der Waals surface area contributed by atoms with Gasteiger partial charge in [-0.1, -0.05) is 72.8 Å². The molecule has 0 bridgehead atoms. The van der Waals surface area contributed by atoms with Crippen LogP contribution < -0.4 is 4.74 Å². The lowest BCUT2D eigenvalue weighted by Gasteiger charge is -2.43. The van der Waals surface area contributed by atoms with Crippen LogP contribution in [0.15, 0.2) is 84.9 Å². The number of likely N-dealkylation sites (N-methyl/N-ethyl adjacent to an activating group) is 1. The number of fused-ring (bicyclic) bond motifs is 1. The Hall–Kier alpha value is -3.90. The zero-order valence-corrected chi connectivity index (χ0v) is 21.4. The van der Waals surface area contributed by atoms with E-state index in [4.69, 9.17) is 4.74 Å². The minimum absolute atomic E-state index is 0.0597. The molecule has 2 atom stereocenters. The fraction of sp³-hybridized carbons (Fsp3) is 0.290. The number of ether oxygens (including phenoxy) is 1. The van der Waals surface area contributed by atoms with Crippen LogP contribution in [0.3, 0.4) is 0 Å². The van der Waals surface area contributed by atoms with Crippen molar-refractivity contribution in [2.45, 2.75) is 12.0 Å². The first-order valence-corrected chi connectivity index (χ1v) is 12.8. The van der Waals surface area contributed by atoms with Crippen molar-refractivity contribution in [3.63, 3.8) is 0 Å². The highest BCUT2D eigenvalue weighted by atomic mass is 16.5. The molecule has 1 saturated heterocycles. The zero-order valence-electron chi connectivity index (χ0n) is 21.4. The molecule has 0 aromatic heterocycles. The topological polar surface area (TPSA) is 53.1 Å². The van der Waals surface area contributed by atoms with Gasteiger partial charge in [-0.15, -0.1) is 0 Å². The molecule has 2 amide bonds. The average Bonchev–Trinajstić information content (AvgIpc) is 2.95. The normalized spacial score (nSPS) is 20.2. The van der Waals surface area contributed by atoms with Crippen molar-refractivity contribution >= 4 is 17.9 Å². The van der Waals surface area contributed by atoms with Crippen LogP contribution in [0.4, 0.5) is 0 Å². The average molecular weight is 496 g/mol. The Kier molecular flexibility index (Phi) is 7.37. The summed E-state index contributed by atoms with van der Waals surface area (Å²) in [6.45, 7) is 3.84. The number of rotatable bonds is 6. The van der Waals surface area contributed by atoms with Gasteiger partial charge in [0, 0.05) is 45.3 Å². The molecule has 0 aliphatic carbocycles. The Morgan fingerprint density at radius 2 is 1.59 bits per heavy atom. The third-order valence-corrected chi connectivity index (χ3v) is 7.46. The van der Waals surface area contributed by atoms with Crippen molar-refractivity contribution in [3.05, 3.63) is 107 Å². The number of hydrogen-bond donors (Lipinski definition) is 0. The minimum atomic E-state index is -0.461.